The topological polar surface area (TPSA) is 69.6 Å². The van der Waals surface area contributed by atoms with Gasteiger partial charge in [0.2, 0.25) is 0 Å². The van der Waals surface area contributed by atoms with Gasteiger partial charge in [0.05, 0.1) is 11.5 Å². The van der Waals surface area contributed by atoms with Crippen molar-refractivity contribution < 1.29 is 15.0 Å². The normalized spacial score (nSPS) is 31.1. The van der Waals surface area contributed by atoms with E-state index in [9.17, 15) is 9.90 Å². The Morgan fingerprint density at radius 1 is 1.39 bits per heavy atom. The zero-order chi connectivity index (χ0) is 14.0. The van der Waals surface area contributed by atoms with E-state index in [0.717, 1.165) is 0 Å². The lowest BCUT2D eigenvalue weighted by Crippen LogP contribution is -2.49. The molecule has 18 heavy (non-hydrogen) atoms. The molecular formula is C14H27NO3. The Morgan fingerprint density at radius 2 is 1.89 bits per heavy atom. The Kier molecular flexibility index (Phi) is 4.78. The number of aliphatic hydroxyl groups is 1. The van der Waals surface area contributed by atoms with E-state index < -0.39 is 11.6 Å². The van der Waals surface area contributed by atoms with Crippen LogP contribution in [0.25, 0.3) is 0 Å². The Hall–Kier alpha value is -0.610. The molecule has 0 heterocycles. The van der Waals surface area contributed by atoms with Gasteiger partial charge in [0.25, 0.3) is 0 Å². The van der Waals surface area contributed by atoms with Gasteiger partial charge in [-0.15, -0.1) is 0 Å². The molecule has 1 aliphatic rings. The van der Waals surface area contributed by atoms with Gasteiger partial charge in [0.1, 0.15) is 0 Å². The number of nitrogens with one attached hydrogen (secondary N) is 1. The first-order chi connectivity index (χ1) is 8.14. The molecule has 3 N–H and O–H groups in total. The number of carbonyl (C=O) groups is 1. The quantitative estimate of drug-likeness (QED) is 0.720. The second-order valence-corrected chi connectivity index (χ2v) is 6.81. The van der Waals surface area contributed by atoms with Crippen molar-refractivity contribution in [2.75, 3.05) is 6.54 Å². The maximum atomic E-state index is 10.9. The van der Waals surface area contributed by atoms with Crippen LogP contribution >= 0.6 is 0 Å². The first kappa shape index (κ1) is 15.4. The highest BCUT2D eigenvalue weighted by Gasteiger charge is 2.36. The van der Waals surface area contributed by atoms with Gasteiger partial charge < -0.3 is 15.5 Å². The number of hydrogen-bond donors (Lipinski definition) is 3. The lowest BCUT2D eigenvalue weighted by Gasteiger charge is -2.37. The molecule has 106 valence electrons. The van der Waals surface area contributed by atoms with Crippen LogP contribution in [0.1, 0.15) is 53.4 Å². The summed E-state index contributed by atoms with van der Waals surface area (Å²) in [4.78, 5) is 10.9. The molecule has 0 radical (unpaired) electrons. The molecule has 1 rings (SSSR count). The van der Waals surface area contributed by atoms with E-state index in [1.807, 2.05) is 0 Å². The zero-order valence-electron chi connectivity index (χ0n) is 12.0. The molecule has 0 amide bonds. The summed E-state index contributed by atoms with van der Waals surface area (Å²) in [5.41, 5.74) is -0.569. The van der Waals surface area contributed by atoms with Gasteiger partial charge >= 0.3 is 5.97 Å². The summed E-state index contributed by atoms with van der Waals surface area (Å²) in [6.45, 7) is 9.16. The first-order valence-corrected chi connectivity index (χ1v) is 6.83. The molecule has 0 aliphatic heterocycles. The molecule has 0 bridgehead atoms. The average Bonchev–Trinajstić information content (AvgIpc) is 2.25. The highest BCUT2D eigenvalue weighted by molar-refractivity contribution is 5.70. The molecular weight excluding hydrogens is 230 g/mol. The fraction of sp³-hybridized carbons (Fsp3) is 0.929. The number of hydrogen-bond acceptors (Lipinski definition) is 3. The second kappa shape index (κ2) is 5.57. The van der Waals surface area contributed by atoms with Crippen LogP contribution in [-0.4, -0.2) is 34.4 Å². The Balaban J connectivity index is 2.41. The fourth-order valence-corrected chi connectivity index (χ4v) is 2.23. The number of rotatable bonds is 4. The van der Waals surface area contributed by atoms with Gasteiger partial charge in [0.15, 0.2) is 0 Å². The largest absolute Gasteiger partial charge is 0.481 e. The van der Waals surface area contributed by atoms with Crippen LogP contribution in [0, 0.1) is 11.3 Å². The Morgan fingerprint density at radius 3 is 2.28 bits per heavy atom. The minimum Gasteiger partial charge on any atom is -0.481 e. The van der Waals surface area contributed by atoms with Crippen molar-refractivity contribution in [1.82, 2.24) is 5.32 Å². The highest BCUT2D eigenvalue weighted by atomic mass is 16.4. The molecule has 0 aromatic heterocycles. The molecule has 4 nitrogen and oxygen atoms in total. The molecule has 0 saturated heterocycles. The van der Waals surface area contributed by atoms with Crippen molar-refractivity contribution in [3.8, 4) is 0 Å². The SMILES string of the molecule is CC(NCC1(O)CCC(C(=O)O)CC1)C(C)(C)C. The fourth-order valence-electron chi connectivity index (χ4n) is 2.23. The average molecular weight is 257 g/mol. The molecule has 0 aromatic carbocycles. The zero-order valence-corrected chi connectivity index (χ0v) is 12.0. The van der Waals surface area contributed by atoms with Crippen LogP contribution in [-0.2, 0) is 4.79 Å². The summed E-state index contributed by atoms with van der Waals surface area (Å²) in [5.74, 6) is -1.00. The molecule has 1 aliphatic carbocycles. The van der Waals surface area contributed by atoms with Crippen LogP contribution < -0.4 is 5.32 Å². The van der Waals surface area contributed by atoms with Crippen molar-refractivity contribution in [3.05, 3.63) is 0 Å². The summed E-state index contributed by atoms with van der Waals surface area (Å²) in [6.07, 6.45) is 2.32. The molecule has 1 unspecified atom stereocenters. The molecule has 1 saturated carbocycles. The molecule has 4 heteroatoms. The predicted molar refractivity (Wildman–Crippen MR) is 71.5 cm³/mol. The van der Waals surface area contributed by atoms with E-state index in [1.54, 1.807) is 0 Å². The Bertz CT molecular complexity index is 288. The minimum absolute atomic E-state index is 0.161. The number of aliphatic carboxylic acids is 1. The van der Waals surface area contributed by atoms with Crippen LogP contribution in [0.3, 0.4) is 0 Å². The van der Waals surface area contributed by atoms with Gasteiger partial charge in [-0.1, -0.05) is 20.8 Å². The van der Waals surface area contributed by atoms with Crippen molar-refractivity contribution in [2.45, 2.75) is 65.0 Å². The van der Waals surface area contributed by atoms with E-state index in [4.69, 9.17) is 5.11 Å². The third kappa shape index (κ3) is 4.25. The van der Waals surface area contributed by atoms with Gasteiger partial charge in [0, 0.05) is 12.6 Å². The number of carboxylic acid groups (broad SMARTS) is 1. The summed E-state index contributed by atoms with van der Waals surface area (Å²) < 4.78 is 0. The van der Waals surface area contributed by atoms with Crippen molar-refractivity contribution in [2.24, 2.45) is 11.3 Å². The Labute approximate surface area is 110 Å². The standard InChI is InChI=1S/C14H27NO3/c1-10(13(2,3)4)15-9-14(18)7-5-11(6-8-14)12(16)17/h10-11,15,18H,5-9H2,1-4H3,(H,16,17). The molecule has 0 aromatic rings. The first-order valence-electron chi connectivity index (χ1n) is 6.83. The minimum atomic E-state index is -0.731. The number of carboxylic acids is 1. The monoisotopic (exact) mass is 257 g/mol. The van der Waals surface area contributed by atoms with Crippen molar-refractivity contribution >= 4 is 5.97 Å². The van der Waals surface area contributed by atoms with E-state index in [-0.39, 0.29) is 11.3 Å². The smallest absolute Gasteiger partial charge is 0.306 e. The molecule has 0 spiro atoms. The summed E-state index contributed by atoms with van der Waals surface area (Å²) >= 11 is 0. The van der Waals surface area contributed by atoms with Gasteiger partial charge in [-0.05, 0) is 38.0 Å². The van der Waals surface area contributed by atoms with E-state index in [0.29, 0.717) is 38.3 Å². The lowest BCUT2D eigenvalue weighted by molar-refractivity contribution is -0.144. The van der Waals surface area contributed by atoms with Crippen LogP contribution in [0.4, 0.5) is 0 Å². The van der Waals surface area contributed by atoms with Crippen molar-refractivity contribution in [1.29, 1.82) is 0 Å². The van der Waals surface area contributed by atoms with E-state index in [2.05, 4.69) is 33.0 Å². The highest BCUT2D eigenvalue weighted by Crippen LogP contribution is 2.32. The predicted octanol–water partition coefficient (Wildman–Crippen LogP) is 2.02. The molecule has 1 fully saturated rings. The lowest BCUT2D eigenvalue weighted by atomic mass is 9.78. The van der Waals surface area contributed by atoms with Crippen molar-refractivity contribution in [3.63, 3.8) is 0 Å². The van der Waals surface area contributed by atoms with Crippen LogP contribution in [0.15, 0.2) is 0 Å². The summed E-state index contributed by atoms with van der Waals surface area (Å²) in [7, 11) is 0. The van der Waals surface area contributed by atoms with Crippen LogP contribution in [0.2, 0.25) is 0 Å². The second-order valence-electron chi connectivity index (χ2n) is 6.81. The summed E-state index contributed by atoms with van der Waals surface area (Å²) in [6, 6.07) is 0.318. The molecule has 1 atom stereocenters. The summed E-state index contributed by atoms with van der Waals surface area (Å²) in [5, 5.41) is 22.7. The third-order valence-corrected chi connectivity index (χ3v) is 4.30. The van der Waals surface area contributed by atoms with E-state index in [1.165, 1.54) is 0 Å². The maximum absolute atomic E-state index is 10.9. The van der Waals surface area contributed by atoms with Gasteiger partial charge in [-0.2, -0.15) is 0 Å². The van der Waals surface area contributed by atoms with Gasteiger partial charge in [-0.25, -0.2) is 0 Å². The third-order valence-electron chi connectivity index (χ3n) is 4.30. The van der Waals surface area contributed by atoms with Crippen LogP contribution in [0.5, 0.6) is 0 Å². The van der Waals surface area contributed by atoms with Gasteiger partial charge in [-0.3, -0.25) is 4.79 Å². The van der Waals surface area contributed by atoms with E-state index >= 15 is 0 Å². The maximum Gasteiger partial charge on any atom is 0.306 e.